The SMILES string of the molecule is Cc1nc(CN2CCN(C(=O)CNC(=O)c3cccc(F)c3)CC2)cs1. The number of aryl methyl sites for hydroxylation is 1. The average Bonchev–Trinajstić information content (AvgIpc) is 3.04. The van der Waals surface area contributed by atoms with Crippen LogP contribution in [0.4, 0.5) is 4.39 Å². The van der Waals surface area contributed by atoms with Crippen LogP contribution in [-0.4, -0.2) is 59.3 Å². The molecule has 26 heavy (non-hydrogen) atoms. The van der Waals surface area contributed by atoms with E-state index in [0.717, 1.165) is 36.4 Å². The quantitative estimate of drug-likeness (QED) is 0.862. The number of benzene rings is 1. The molecule has 6 nitrogen and oxygen atoms in total. The topological polar surface area (TPSA) is 65.5 Å². The van der Waals surface area contributed by atoms with Crippen molar-refractivity contribution >= 4 is 23.2 Å². The number of piperazine rings is 1. The first-order valence-corrected chi connectivity index (χ1v) is 9.34. The monoisotopic (exact) mass is 376 g/mol. The zero-order valence-electron chi connectivity index (χ0n) is 14.6. The van der Waals surface area contributed by atoms with Crippen LogP contribution in [0, 0.1) is 12.7 Å². The predicted molar refractivity (Wildman–Crippen MR) is 97.4 cm³/mol. The van der Waals surface area contributed by atoms with Crippen LogP contribution in [-0.2, 0) is 11.3 Å². The van der Waals surface area contributed by atoms with E-state index < -0.39 is 11.7 Å². The molecule has 0 atom stereocenters. The van der Waals surface area contributed by atoms with Crippen molar-refractivity contribution in [3.63, 3.8) is 0 Å². The number of hydrogen-bond acceptors (Lipinski definition) is 5. The van der Waals surface area contributed by atoms with Crippen molar-refractivity contribution in [2.75, 3.05) is 32.7 Å². The molecule has 2 amide bonds. The molecule has 2 heterocycles. The van der Waals surface area contributed by atoms with Gasteiger partial charge in [-0.3, -0.25) is 14.5 Å². The lowest BCUT2D eigenvalue weighted by atomic mass is 10.2. The minimum absolute atomic E-state index is 0.0827. The van der Waals surface area contributed by atoms with E-state index in [4.69, 9.17) is 0 Å². The lowest BCUT2D eigenvalue weighted by Crippen LogP contribution is -2.50. The first kappa shape index (κ1) is 18.5. The highest BCUT2D eigenvalue weighted by Crippen LogP contribution is 2.12. The van der Waals surface area contributed by atoms with Gasteiger partial charge in [0.05, 0.1) is 17.2 Å². The third kappa shape index (κ3) is 4.86. The maximum atomic E-state index is 13.1. The van der Waals surface area contributed by atoms with Crippen molar-refractivity contribution in [1.29, 1.82) is 0 Å². The van der Waals surface area contributed by atoms with Crippen molar-refractivity contribution in [2.24, 2.45) is 0 Å². The molecule has 0 saturated carbocycles. The van der Waals surface area contributed by atoms with Crippen LogP contribution >= 0.6 is 11.3 Å². The molecule has 1 aliphatic rings. The Bertz CT molecular complexity index is 787. The van der Waals surface area contributed by atoms with E-state index in [1.54, 1.807) is 16.2 Å². The fraction of sp³-hybridized carbons (Fsp3) is 0.389. The van der Waals surface area contributed by atoms with Gasteiger partial charge in [-0.1, -0.05) is 6.07 Å². The average molecular weight is 376 g/mol. The highest BCUT2D eigenvalue weighted by molar-refractivity contribution is 7.09. The lowest BCUT2D eigenvalue weighted by Gasteiger charge is -2.34. The van der Waals surface area contributed by atoms with Gasteiger partial charge in [-0.05, 0) is 25.1 Å². The van der Waals surface area contributed by atoms with Gasteiger partial charge >= 0.3 is 0 Å². The summed E-state index contributed by atoms with van der Waals surface area (Å²) in [6.07, 6.45) is 0. The summed E-state index contributed by atoms with van der Waals surface area (Å²) in [5.41, 5.74) is 1.27. The highest BCUT2D eigenvalue weighted by atomic mass is 32.1. The van der Waals surface area contributed by atoms with Crippen LogP contribution in [0.5, 0.6) is 0 Å². The second kappa shape index (κ2) is 8.37. The summed E-state index contributed by atoms with van der Waals surface area (Å²) in [6.45, 7) is 5.50. The van der Waals surface area contributed by atoms with Gasteiger partial charge in [-0.15, -0.1) is 11.3 Å². The van der Waals surface area contributed by atoms with Gasteiger partial charge in [-0.25, -0.2) is 9.37 Å². The van der Waals surface area contributed by atoms with Gasteiger partial charge in [0, 0.05) is 43.7 Å². The minimum Gasteiger partial charge on any atom is -0.343 e. The molecule has 2 aromatic rings. The number of carbonyl (C=O) groups is 2. The third-order valence-electron chi connectivity index (χ3n) is 4.26. The van der Waals surface area contributed by atoms with Gasteiger partial charge < -0.3 is 10.2 Å². The van der Waals surface area contributed by atoms with Gasteiger partial charge in [0.15, 0.2) is 0 Å². The number of thiazole rings is 1. The van der Waals surface area contributed by atoms with Crippen molar-refractivity contribution in [3.8, 4) is 0 Å². The van der Waals surface area contributed by atoms with Crippen LogP contribution < -0.4 is 5.32 Å². The molecule has 8 heteroatoms. The Hall–Kier alpha value is -2.32. The standard InChI is InChI=1S/C18H21FN4O2S/c1-13-21-16(12-26-13)11-22-5-7-23(8-6-22)17(24)10-20-18(25)14-3-2-4-15(19)9-14/h2-4,9,12H,5-8,10-11H2,1H3,(H,20,25). The Morgan fingerprint density at radius 1 is 1.27 bits per heavy atom. The number of amides is 2. The third-order valence-corrected chi connectivity index (χ3v) is 5.09. The summed E-state index contributed by atoms with van der Waals surface area (Å²) >= 11 is 1.64. The van der Waals surface area contributed by atoms with E-state index in [1.165, 1.54) is 18.2 Å². The Labute approximate surface area is 155 Å². The second-order valence-electron chi connectivity index (χ2n) is 6.21. The zero-order chi connectivity index (χ0) is 18.5. The molecule has 0 bridgehead atoms. The van der Waals surface area contributed by atoms with Crippen LogP contribution in [0.2, 0.25) is 0 Å². The first-order valence-electron chi connectivity index (χ1n) is 8.46. The molecule has 1 N–H and O–H groups in total. The molecule has 0 aliphatic carbocycles. The molecule has 3 rings (SSSR count). The fourth-order valence-electron chi connectivity index (χ4n) is 2.86. The Balaban J connectivity index is 1.42. The minimum atomic E-state index is -0.476. The van der Waals surface area contributed by atoms with E-state index in [1.807, 2.05) is 6.92 Å². The Kier molecular flexibility index (Phi) is 5.95. The van der Waals surface area contributed by atoms with E-state index in [0.29, 0.717) is 13.1 Å². The summed E-state index contributed by atoms with van der Waals surface area (Å²) in [5, 5.41) is 5.68. The summed E-state index contributed by atoms with van der Waals surface area (Å²) in [6, 6.07) is 5.41. The zero-order valence-corrected chi connectivity index (χ0v) is 15.4. The van der Waals surface area contributed by atoms with Crippen molar-refractivity contribution in [3.05, 3.63) is 51.7 Å². The Morgan fingerprint density at radius 2 is 2.04 bits per heavy atom. The smallest absolute Gasteiger partial charge is 0.251 e. The van der Waals surface area contributed by atoms with E-state index >= 15 is 0 Å². The van der Waals surface area contributed by atoms with Gasteiger partial charge in [0.25, 0.3) is 5.91 Å². The summed E-state index contributed by atoms with van der Waals surface area (Å²) in [4.78, 5) is 32.7. The van der Waals surface area contributed by atoms with Crippen molar-refractivity contribution in [2.45, 2.75) is 13.5 Å². The number of nitrogens with zero attached hydrogens (tertiary/aromatic N) is 3. The number of hydrogen-bond donors (Lipinski definition) is 1. The van der Waals surface area contributed by atoms with Crippen molar-refractivity contribution in [1.82, 2.24) is 20.1 Å². The van der Waals surface area contributed by atoms with Gasteiger partial charge in [-0.2, -0.15) is 0 Å². The number of halogens is 1. The number of carbonyl (C=O) groups excluding carboxylic acids is 2. The maximum Gasteiger partial charge on any atom is 0.251 e. The normalized spacial score (nSPS) is 15.1. The summed E-state index contributed by atoms with van der Waals surface area (Å²) in [7, 11) is 0. The number of aromatic nitrogens is 1. The molecule has 1 aromatic carbocycles. The van der Waals surface area contributed by atoms with E-state index in [9.17, 15) is 14.0 Å². The van der Waals surface area contributed by atoms with E-state index in [-0.39, 0.29) is 18.0 Å². The lowest BCUT2D eigenvalue weighted by molar-refractivity contribution is -0.131. The maximum absolute atomic E-state index is 13.1. The molecule has 0 radical (unpaired) electrons. The Morgan fingerprint density at radius 3 is 2.69 bits per heavy atom. The van der Waals surface area contributed by atoms with Crippen LogP contribution in [0.3, 0.4) is 0 Å². The number of rotatable bonds is 5. The molecule has 1 aromatic heterocycles. The molecule has 1 aliphatic heterocycles. The summed E-state index contributed by atoms with van der Waals surface area (Å²) < 4.78 is 13.1. The van der Waals surface area contributed by atoms with E-state index in [2.05, 4.69) is 20.6 Å². The van der Waals surface area contributed by atoms with Crippen LogP contribution in [0.25, 0.3) is 0 Å². The van der Waals surface area contributed by atoms with Crippen molar-refractivity contribution < 1.29 is 14.0 Å². The van der Waals surface area contributed by atoms with Gasteiger partial charge in [0.1, 0.15) is 5.82 Å². The van der Waals surface area contributed by atoms with Crippen LogP contribution in [0.1, 0.15) is 21.1 Å². The second-order valence-corrected chi connectivity index (χ2v) is 7.27. The first-order chi connectivity index (χ1) is 12.5. The molecule has 1 fully saturated rings. The van der Waals surface area contributed by atoms with Crippen LogP contribution in [0.15, 0.2) is 29.6 Å². The predicted octanol–water partition coefficient (Wildman–Crippen LogP) is 1.66. The van der Waals surface area contributed by atoms with Gasteiger partial charge in [0.2, 0.25) is 5.91 Å². The summed E-state index contributed by atoms with van der Waals surface area (Å²) in [5.74, 6) is -1.05. The molecule has 0 spiro atoms. The highest BCUT2D eigenvalue weighted by Gasteiger charge is 2.22. The molecule has 138 valence electrons. The fourth-order valence-corrected chi connectivity index (χ4v) is 3.47. The molecule has 1 saturated heterocycles. The largest absolute Gasteiger partial charge is 0.343 e. The number of nitrogens with one attached hydrogen (secondary N) is 1. The molecule has 0 unspecified atom stereocenters. The molecular formula is C18H21FN4O2S. The molecular weight excluding hydrogens is 355 g/mol.